The highest BCUT2D eigenvalue weighted by atomic mass is 127. The van der Waals surface area contributed by atoms with Crippen molar-refractivity contribution in [2.24, 2.45) is 10.9 Å². The van der Waals surface area contributed by atoms with Gasteiger partial charge in [0.2, 0.25) is 0 Å². The van der Waals surface area contributed by atoms with Crippen LogP contribution >= 0.6 is 24.0 Å². The smallest absolute Gasteiger partial charge is 0.194 e. The molecule has 2 aliphatic heterocycles. The molecule has 0 amide bonds. The minimum absolute atomic E-state index is 0. The van der Waals surface area contributed by atoms with E-state index in [4.69, 9.17) is 14.5 Å². The molecule has 2 aliphatic rings. The number of methoxy groups -OCH3 is 1. The van der Waals surface area contributed by atoms with Crippen LogP contribution in [0.2, 0.25) is 0 Å². The van der Waals surface area contributed by atoms with Crippen LogP contribution in [0.25, 0.3) is 0 Å². The van der Waals surface area contributed by atoms with Crippen LogP contribution in [0.4, 0.5) is 0 Å². The van der Waals surface area contributed by atoms with Gasteiger partial charge in [-0.05, 0) is 30.7 Å². The molecule has 0 bridgehead atoms. The van der Waals surface area contributed by atoms with Crippen molar-refractivity contribution < 1.29 is 9.47 Å². The number of nitrogens with zero attached hydrogens (tertiary/aromatic N) is 2. The number of hydrogen-bond donors (Lipinski definition) is 1. The second kappa shape index (κ2) is 12.1. The van der Waals surface area contributed by atoms with Gasteiger partial charge in [0, 0.05) is 52.8 Å². The highest BCUT2D eigenvalue weighted by Crippen LogP contribution is 2.35. The zero-order chi connectivity index (χ0) is 19.8. The van der Waals surface area contributed by atoms with Crippen LogP contribution < -0.4 is 5.32 Å². The van der Waals surface area contributed by atoms with Crippen molar-refractivity contribution in [2.45, 2.75) is 51.0 Å². The molecule has 0 aromatic heterocycles. The summed E-state index contributed by atoms with van der Waals surface area (Å²) < 4.78 is 11.4. The van der Waals surface area contributed by atoms with E-state index in [1.807, 2.05) is 7.11 Å². The summed E-state index contributed by atoms with van der Waals surface area (Å²) in [7, 11) is 1.81. The molecule has 29 heavy (non-hydrogen) atoms. The average molecular weight is 515 g/mol. The summed E-state index contributed by atoms with van der Waals surface area (Å²) in [6, 6.07) is 11.0. The van der Waals surface area contributed by atoms with Crippen molar-refractivity contribution in [3.05, 3.63) is 35.9 Å². The minimum atomic E-state index is -0.175. The number of nitrogens with one attached hydrogen (secondary N) is 1. The molecule has 1 N–H and O–H groups in total. The third kappa shape index (κ3) is 6.31. The predicted octanol–water partition coefficient (Wildman–Crippen LogP) is 4.28. The Morgan fingerprint density at radius 1 is 1.24 bits per heavy atom. The topological polar surface area (TPSA) is 46.1 Å². The first kappa shape index (κ1) is 24.4. The number of rotatable bonds is 6. The Balaban J connectivity index is 0.00000300. The van der Waals surface area contributed by atoms with E-state index < -0.39 is 0 Å². The largest absolute Gasteiger partial charge is 0.381 e. The fourth-order valence-electron chi connectivity index (χ4n) is 4.59. The van der Waals surface area contributed by atoms with Crippen molar-refractivity contribution in [2.75, 3.05) is 46.5 Å². The first-order valence-electron chi connectivity index (χ1n) is 10.9. The highest BCUT2D eigenvalue weighted by molar-refractivity contribution is 14.0. The zero-order valence-corrected chi connectivity index (χ0v) is 20.6. The predicted molar refractivity (Wildman–Crippen MR) is 130 cm³/mol. The van der Waals surface area contributed by atoms with E-state index in [9.17, 15) is 0 Å². The van der Waals surface area contributed by atoms with Gasteiger partial charge in [-0.15, -0.1) is 24.0 Å². The maximum atomic E-state index is 5.88. The quantitative estimate of drug-likeness (QED) is 0.349. The van der Waals surface area contributed by atoms with Gasteiger partial charge in [0.15, 0.2) is 5.96 Å². The Morgan fingerprint density at radius 2 is 1.97 bits per heavy atom. The van der Waals surface area contributed by atoms with Gasteiger partial charge >= 0.3 is 0 Å². The molecule has 3 rings (SSSR count). The maximum absolute atomic E-state index is 5.88. The number of halogens is 1. The van der Waals surface area contributed by atoms with Crippen molar-refractivity contribution in [3.8, 4) is 0 Å². The van der Waals surface area contributed by atoms with Gasteiger partial charge in [-0.25, -0.2) is 0 Å². The Morgan fingerprint density at radius 3 is 2.59 bits per heavy atom. The van der Waals surface area contributed by atoms with Gasteiger partial charge in [0.05, 0.1) is 12.1 Å². The number of likely N-dealkylation sites (tertiary alicyclic amines) is 1. The van der Waals surface area contributed by atoms with Gasteiger partial charge in [-0.3, -0.25) is 4.99 Å². The fourth-order valence-corrected chi connectivity index (χ4v) is 4.59. The number of ether oxygens (including phenoxy) is 2. The van der Waals surface area contributed by atoms with Gasteiger partial charge in [0.25, 0.3) is 0 Å². The number of aliphatic imine (C=N–C) groups is 1. The molecule has 0 radical (unpaired) electrons. The van der Waals surface area contributed by atoms with Gasteiger partial charge in [-0.2, -0.15) is 0 Å². The fraction of sp³-hybridized carbons (Fsp3) is 0.696. The standard InChI is InChI=1S/C23H37N3O2.HI/c1-4-19-17-26(14-11-21(19)20-9-7-6-8-10-20)22(24-5-2)25-18-23(27-3)12-15-28-16-13-23;/h6-10,19,21H,4-5,11-18H2,1-3H3,(H,24,25);1H. The maximum Gasteiger partial charge on any atom is 0.194 e. The summed E-state index contributed by atoms with van der Waals surface area (Å²) in [6.07, 6.45) is 4.20. The summed E-state index contributed by atoms with van der Waals surface area (Å²) in [5.41, 5.74) is 1.31. The summed E-state index contributed by atoms with van der Waals surface area (Å²) in [4.78, 5) is 7.48. The first-order valence-corrected chi connectivity index (χ1v) is 10.9. The molecular formula is C23H38IN3O2. The SMILES string of the molecule is CCNC(=NCC1(OC)CCOCC1)N1CCC(c2ccccc2)C(CC)C1.I. The van der Waals surface area contributed by atoms with Crippen molar-refractivity contribution in [1.29, 1.82) is 0 Å². The third-order valence-corrected chi connectivity index (χ3v) is 6.47. The van der Waals surface area contributed by atoms with Crippen LogP contribution in [0.5, 0.6) is 0 Å². The molecule has 2 fully saturated rings. The van der Waals surface area contributed by atoms with Crippen LogP contribution in [0, 0.1) is 5.92 Å². The first-order chi connectivity index (χ1) is 13.7. The molecule has 6 heteroatoms. The van der Waals surface area contributed by atoms with Crippen LogP contribution in [0.1, 0.15) is 51.0 Å². The van der Waals surface area contributed by atoms with Gasteiger partial charge < -0.3 is 19.7 Å². The molecule has 2 saturated heterocycles. The average Bonchev–Trinajstić information content (AvgIpc) is 2.77. The van der Waals surface area contributed by atoms with Crippen LogP contribution in [0.3, 0.4) is 0 Å². The molecule has 1 aromatic carbocycles. The lowest BCUT2D eigenvalue weighted by molar-refractivity contribution is -0.0829. The van der Waals surface area contributed by atoms with Crippen LogP contribution in [-0.2, 0) is 9.47 Å². The van der Waals surface area contributed by atoms with Crippen molar-refractivity contribution in [1.82, 2.24) is 10.2 Å². The molecule has 2 unspecified atom stereocenters. The molecule has 0 aliphatic carbocycles. The number of piperidine rings is 1. The highest BCUT2D eigenvalue weighted by Gasteiger charge is 2.34. The van der Waals surface area contributed by atoms with E-state index in [2.05, 4.69) is 54.4 Å². The van der Waals surface area contributed by atoms with E-state index >= 15 is 0 Å². The molecule has 1 aromatic rings. The third-order valence-electron chi connectivity index (χ3n) is 6.47. The van der Waals surface area contributed by atoms with E-state index in [0.29, 0.717) is 18.4 Å². The molecule has 0 saturated carbocycles. The van der Waals surface area contributed by atoms with E-state index in [0.717, 1.165) is 51.6 Å². The number of benzene rings is 1. The number of hydrogen-bond acceptors (Lipinski definition) is 3. The molecule has 2 heterocycles. The summed E-state index contributed by atoms with van der Waals surface area (Å²) in [6.45, 7) is 9.68. The molecule has 5 nitrogen and oxygen atoms in total. The Labute approximate surface area is 193 Å². The van der Waals surface area contributed by atoms with Crippen molar-refractivity contribution in [3.63, 3.8) is 0 Å². The minimum Gasteiger partial charge on any atom is -0.381 e. The Hall–Kier alpha value is -0.860. The summed E-state index contributed by atoms with van der Waals surface area (Å²) in [5, 5.41) is 3.52. The van der Waals surface area contributed by atoms with E-state index in [-0.39, 0.29) is 29.6 Å². The van der Waals surface area contributed by atoms with Gasteiger partial charge in [-0.1, -0.05) is 43.7 Å². The molecule has 2 atom stereocenters. The molecule has 164 valence electrons. The second-order valence-corrected chi connectivity index (χ2v) is 8.09. The van der Waals surface area contributed by atoms with Crippen LogP contribution in [-0.4, -0.2) is 63.0 Å². The summed E-state index contributed by atoms with van der Waals surface area (Å²) in [5.74, 6) is 2.33. The van der Waals surface area contributed by atoms with E-state index in [1.54, 1.807) is 0 Å². The Kier molecular flexibility index (Phi) is 10.2. The normalized spacial score (nSPS) is 24.7. The zero-order valence-electron chi connectivity index (χ0n) is 18.2. The monoisotopic (exact) mass is 515 g/mol. The van der Waals surface area contributed by atoms with Crippen molar-refractivity contribution >= 4 is 29.9 Å². The Bertz CT molecular complexity index is 620. The summed E-state index contributed by atoms with van der Waals surface area (Å²) >= 11 is 0. The lowest BCUT2D eigenvalue weighted by Gasteiger charge is -2.41. The second-order valence-electron chi connectivity index (χ2n) is 8.09. The number of guanidine groups is 1. The lowest BCUT2D eigenvalue weighted by Crippen LogP contribution is -2.49. The molecule has 0 spiro atoms. The lowest BCUT2D eigenvalue weighted by atomic mass is 9.79. The van der Waals surface area contributed by atoms with Crippen LogP contribution in [0.15, 0.2) is 35.3 Å². The van der Waals surface area contributed by atoms with Gasteiger partial charge in [0.1, 0.15) is 0 Å². The van der Waals surface area contributed by atoms with E-state index in [1.165, 1.54) is 18.4 Å². The molecular weight excluding hydrogens is 477 g/mol.